The van der Waals surface area contributed by atoms with Crippen molar-refractivity contribution in [3.05, 3.63) is 29.8 Å². The fraction of sp³-hybridized carbons (Fsp3) is 0.500. The Morgan fingerprint density at radius 2 is 2.05 bits per heavy atom. The Kier molecular flexibility index (Phi) is 4.52. The van der Waals surface area contributed by atoms with E-state index < -0.39 is 12.2 Å². The van der Waals surface area contributed by atoms with Crippen LogP contribution in [0.25, 0.3) is 0 Å². The number of β-amino-alcohol motifs (C(OH)–C–C–N with tert-alkyl or cyclic N) is 2. The molecule has 3 N–H and O–H groups in total. The molecule has 1 aliphatic heterocycles. The standard InChI is InChI=1S/C14H20N2O3/c1-2-10-4-3-5-11(6-10)15-14(19)9-16-7-12(17)13(18)8-16/h3-6,12-13,17-18H,2,7-9H2,1H3,(H,15,19). The van der Waals surface area contributed by atoms with E-state index in [0.29, 0.717) is 13.1 Å². The monoisotopic (exact) mass is 264 g/mol. The van der Waals surface area contributed by atoms with Crippen LogP contribution in [0.3, 0.4) is 0 Å². The van der Waals surface area contributed by atoms with Gasteiger partial charge in [0.25, 0.3) is 0 Å². The van der Waals surface area contributed by atoms with Crippen molar-refractivity contribution in [2.75, 3.05) is 25.0 Å². The summed E-state index contributed by atoms with van der Waals surface area (Å²) in [6.45, 7) is 2.92. The Morgan fingerprint density at radius 3 is 2.68 bits per heavy atom. The zero-order valence-electron chi connectivity index (χ0n) is 11.0. The number of rotatable bonds is 4. The van der Waals surface area contributed by atoms with E-state index in [1.807, 2.05) is 24.3 Å². The maximum atomic E-state index is 11.9. The van der Waals surface area contributed by atoms with Crippen LogP contribution in [0.5, 0.6) is 0 Å². The van der Waals surface area contributed by atoms with Gasteiger partial charge in [0.05, 0.1) is 18.8 Å². The molecule has 0 radical (unpaired) electrons. The van der Waals surface area contributed by atoms with Crippen molar-refractivity contribution in [3.63, 3.8) is 0 Å². The zero-order valence-corrected chi connectivity index (χ0v) is 11.0. The molecular weight excluding hydrogens is 244 g/mol. The van der Waals surface area contributed by atoms with E-state index in [4.69, 9.17) is 0 Å². The smallest absolute Gasteiger partial charge is 0.238 e. The van der Waals surface area contributed by atoms with Gasteiger partial charge in [-0.3, -0.25) is 9.69 Å². The van der Waals surface area contributed by atoms with Crippen molar-refractivity contribution >= 4 is 11.6 Å². The molecule has 19 heavy (non-hydrogen) atoms. The zero-order chi connectivity index (χ0) is 13.8. The first-order valence-electron chi connectivity index (χ1n) is 6.55. The van der Waals surface area contributed by atoms with Gasteiger partial charge in [0.2, 0.25) is 5.91 Å². The molecule has 1 fully saturated rings. The lowest BCUT2D eigenvalue weighted by Crippen LogP contribution is -2.32. The van der Waals surface area contributed by atoms with Gasteiger partial charge in [0.15, 0.2) is 0 Å². The van der Waals surface area contributed by atoms with Gasteiger partial charge in [-0.15, -0.1) is 0 Å². The summed E-state index contributed by atoms with van der Waals surface area (Å²) in [5, 5.41) is 21.7. The quantitative estimate of drug-likeness (QED) is 0.727. The summed E-state index contributed by atoms with van der Waals surface area (Å²) in [6, 6.07) is 7.73. The number of aliphatic hydroxyl groups is 2. The molecule has 0 spiro atoms. The average molecular weight is 264 g/mol. The molecule has 1 aromatic carbocycles. The van der Waals surface area contributed by atoms with Crippen LogP contribution in [0.2, 0.25) is 0 Å². The number of carbonyl (C=O) groups is 1. The molecule has 1 aromatic rings. The van der Waals surface area contributed by atoms with E-state index in [0.717, 1.165) is 12.1 Å². The maximum absolute atomic E-state index is 11.9. The number of nitrogens with zero attached hydrogens (tertiary/aromatic N) is 1. The van der Waals surface area contributed by atoms with Crippen molar-refractivity contribution < 1.29 is 15.0 Å². The first-order valence-corrected chi connectivity index (χ1v) is 6.55. The molecule has 0 aromatic heterocycles. The largest absolute Gasteiger partial charge is 0.389 e. The van der Waals surface area contributed by atoms with Crippen LogP contribution in [0.4, 0.5) is 5.69 Å². The van der Waals surface area contributed by atoms with E-state index in [1.54, 1.807) is 4.90 Å². The van der Waals surface area contributed by atoms with Crippen molar-refractivity contribution in [3.8, 4) is 0 Å². The SMILES string of the molecule is CCc1cccc(NC(=O)CN2CC(O)C(O)C2)c1. The normalized spacial score (nSPS) is 23.5. The van der Waals surface area contributed by atoms with Crippen LogP contribution in [-0.4, -0.2) is 52.9 Å². The van der Waals surface area contributed by atoms with Crippen molar-refractivity contribution in [2.24, 2.45) is 0 Å². The molecular formula is C14H20N2O3. The van der Waals surface area contributed by atoms with Gasteiger partial charge in [0, 0.05) is 18.8 Å². The van der Waals surface area contributed by atoms with Gasteiger partial charge < -0.3 is 15.5 Å². The average Bonchev–Trinajstić information content (AvgIpc) is 2.68. The van der Waals surface area contributed by atoms with Crippen LogP contribution in [0, 0.1) is 0 Å². The Bertz CT molecular complexity index is 440. The fourth-order valence-electron chi connectivity index (χ4n) is 2.25. The molecule has 0 aliphatic carbocycles. The van der Waals surface area contributed by atoms with Crippen molar-refractivity contribution in [1.82, 2.24) is 4.90 Å². The van der Waals surface area contributed by atoms with Gasteiger partial charge in [-0.2, -0.15) is 0 Å². The number of benzene rings is 1. The third-order valence-corrected chi connectivity index (χ3v) is 3.32. The van der Waals surface area contributed by atoms with Gasteiger partial charge in [-0.1, -0.05) is 19.1 Å². The Morgan fingerprint density at radius 1 is 1.37 bits per heavy atom. The summed E-state index contributed by atoms with van der Waals surface area (Å²) in [5.41, 5.74) is 1.95. The summed E-state index contributed by atoms with van der Waals surface area (Å²) < 4.78 is 0. The van der Waals surface area contributed by atoms with E-state index >= 15 is 0 Å². The number of carbonyl (C=O) groups excluding carboxylic acids is 1. The highest BCUT2D eigenvalue weighted by molar-refractivity contribution is 5.92. The Labute approximate surface area is 112 Å². The number of hydrogen-bond acceptors (Lipinski definition) is 4. The third-order valence-electron chi connectivity index (χ3n) is 3.32. The topological polar surface area (TPSA) is 72.8 Å². The van der Waals surface area contributed by atoms with E-state index in [1.165, 1.54) is 5.56 Å². The minimum atomic E-state index is -0.754. The van der Waals surface area contributed by atoms with Crippen molar-refractivity contribution in [1.29, 1.82) is 0 Å². The summed E-state index contributed by atoms with van der Waals surface area (Å²) in [5.74, 6) is -0.130. The molecule has 0 bridgehead atoms. The lowest BCUT2D eigenvalue weighted by molar-refractivity contribution is -0.117. The molecule has 5 nitrogen and oxygen atoms in total. The second-order valence-corrected chi connectivity index (χ2v) is 4.93. The highest BCUT2D eigenvalue weighted by Crippen LogP contribution is 2.12. The predicted octanol–water partition coefficient (Wildman–Crippen LogP) is 0.225. The van der Waals surface area contributed by atoms with Gasteiger partial charge in [-0.05, 0) is 24.1 Å². The summed E-state index contributed by atoms with van der Waals surface area (Å²) >= 11 is 0. The van der Waals surface area contributed by atoms with Gasteiger partial charge in [0.1, 0.15) is 0 Å². The second kappa shape index (κ2) is 6.14. The number of amides is 1. The van der Waals surface area contributed by atoms with Crippen molar-refractivity contribution in [2.45, 2.75) is 25.6 Å². The lowest BCUT2D eigenvalue weighted by Gasteiger charge is -2.14. The molecule has 104 valence electrons. The van der Waals surface area contributed by atoms with E-state index in [-0.39, 0.29) is 12.5 Å². The summed E-state index contributed by atoms with van der Waals surface area (Å²) in [6.07, 6.45) is -0.582. The van der Waals surface area contributed by atoms with Crippen LogP contribution in [0.15, 0.2) is 24.3 Å². The van der Waals surface area contributed by atoms with E-state index in [2.05, 4.69) is 12.2 Å². The minimum absolute atomic E-state index is 0.130. The van der Waals surface area contributed by atoms with E-state index in [9.17, 15) is 15.0 Å². The number of likely N-dealkylation sites (tertiary alicyclic amines) is 1. The molecule has 5 heteroatoms. The predicted molar refractivity (Wildman–Crippen MR) is 72.9 cm³/mol. The molecule has 2 atom stereocenters. The molecule has 2 unspecified atom stereocenters. The van der Waals surface area contributed by atoms with Crippen LogP contribution in [-0.2, 0) is 11.2 Å². The molecule has 1 heterocycles. The molecule has 1 saturated heterocycles. The second-order valence-electron chi connectivity index (χ2n) is 4.93. The number of nitrogens with one attached hydrogen (secondary N) is 1. The number of hydrogen-bond donors (Lipinski definition) is 3. The Balaban J connectivity index is 1.87. The minimum Gasteiger partial charge on any atom is -0.389 e. The van der Waals surface area contributed by atoms with Crippen LogP contribution in [0.1, 0.15) is 12.5 Å². The van der Waals surface area contributed by atoms with Gasteiger partial charge in [-0.25, -0.2) is 0 Å². The van der Waals surface area contributed by atoms with Gasteiger partial charge >= 0.3 is 0 Å². The molecule has 0 saturated carbocycles. The highest BCUT2D eigenvalue weighted by Gasteiger charge is 2.30. The number of aliphatic hydroxyl groups excluding tert-OH is 2. The summed E-state index contributed by atoms with van der Waals surface area (Å²) in [4.78, 5) is 13.6. The Hall–Kier alpha value is -1.43. The van der Waals surface area contributed by atoms with Crippen LogP contribution >= 0.6 is 0 Å². The fourth-order valence-corrected chi connectivity index (χ4v) is 2.25. The third kappa shape index (κ3) is 3.76. The molecule has 1 amide bonds. The number of aryl methyl sites for hydroxylation is 1. The summed E-state index contributed by atoms with van der Waals surface area (Å²) in [7, 11) is 0. The lowest BCUT2D eigenvalue weighted by atomic mass is 10.1. The van der Waals surface area contributed by atoms with Crippen LogP contribution < -0.4 is 5.32 Å². The molecule has 2 rings (SSSR count). The number of anilines is 1. The first kappa shape index (κ1) is 14.0. The maximum Gasteiger partial charge on any atom is 0.238 e. The highest BCUT2D eigenvalue weighted by atomic mass is 16.3. The first-order chi connectivity index (χ1) is 9.08. The molecule has 1 aliphatic rings.